The molecule has 0 amide bonds. The van der Waals surface area contributed by atoms with Crippen LogP contribution >= 0.6 is 0 Å². The predicted octanol–water partition coefficient (Wildman–Crippen LogP) is 6.64. The van der Waals surface area contributed by atoms with Crippen molar-refractivity contribution in [2.75, 3.05) is 14.1 Å². The summed E-state index contributed by atoms with van der Waals surface area (Å²) in [6.07, 6.45) is 0. The third kappa shape index (κ3) is 9.96. The van der Waals surface area contributed by atoms with Gasteiger partial charge in [0.1, 0.15) is 20.0 Å². The first-order chi connectivity index (χ1) is 18.0. The zero-order chi connectivity index (χ0) is 27.8. The molecule has 0 heterocycles. The van der Waals surface area contributed by atoms with Gasteiger partial charge in [-0.15, -0.1) is 16.9 Å². The molecule has 0 N–H and O–H groups in total. The van der Waals surface area contributed by atoms with Crippen molar-refractivity contribution in [3.8, 4) is 0 Å². The molecule has 208 valence electrons. The van der Waals surface area contributed by atoms with Crippen LogP contribution in [0.25, 0.3) is 9.44 Å². The average molecular weight is 746 g/mol. The van der Waals surface area contributed by atoms with Crippen molar-refractivity contribution in [2.45, 2.75) is 30.2 Å². The maximum Gasteiger partial charge on any atom is 3.00 e. The van der Waals surface area contributed by atoms with Gasteiger partial charge in [0, 0.05) is 6.54 Å². The van der Waals surface area contributed by atoms with Crippen LogP contribution in [0.15, 0.2) is 107 Å². The van der Waals surface area contributed by atoms with Crippen molar-refractivity contribution in [3.63, 3.8) is 0 Å². The number of hydrogen-bond donors (Lipinski definition) is 0. The Kier molecular flexibility index (Phi) is 12.0. The van der Waals surface area contributed by atoms with Crippen molar-refractivity contribution in [1.82, 2.24) is 4.90 Å². The fraction of sp³-hybridized carbons (Fsp3) is 0.172. The predicted molar refractivity (Wildman–Crippen MR) is 152 cm³/mol. The van der Waals surface area contributed by atoms with Crippen molar-refractivity contribution < 1.29 is 39.2 Å². The Hall–Kier alpha value is -2.92. The first-order valence-corrected chi connectivity index (χ1v) is 14.6. The Morgan fingerprint density at radius 3 is 1.41 bits per heavy atom. The molecule has 4 rings (SSSR count). The minimum Gasteiger partial charge on any atom is -0.574 e. The van der Waals surface area contributed by atoms with E-state index in [0.29, 0.717) is 0 Å². The Bertz CT molecular complexity index is 1450. The normalized spacial score (nSPS) is 11.1. The van der Waals surface area contributed by atoms with E-state index in [1.807, 2.05) is 32.0 Å². The van der Waals surface area contributed by atoms with Gasteiger partial charge in [-0.05, 0) is 52.2 Å². The molecule has 0 saturated heterocycles. The van der Waals surface area contributed by atoms with Crippen LogP contribution in [0.2, 0.25) is 0 Å². The molecule has 0 aromatic heterocycles. The van der Waals surface area contributed by atoms with E-state index in [0.717, 1.165) is 17.7 Å². The molecule has 0 saturated carbocycles. The average Bonchev–Trinajstić information content (AvgIpc) is 2.86. The summed E-state index contributed by atoms with van der Waals surface area (Å²) in [7, 11) is -3.90. The Balaban J connectivity index is 0.000000410. The van der Waals surface area contributed by atoms with Gasteiger partial charge < -0.3 is 14.3 Å². The number of sulfonamides is 2. The summed E-state index contributed by atoms with van der Waals surface area (Å²) in [5, 5.41) is 0. The molecule has 0 aliphatic carbocycles. The number of nitrogens with zero attached hydrogens (tertiary/aromatic N) is 3. The molecule has 39 heavy (non-hydrogen) atoms. The minimum atomic E-state index is -4.01. The summed E-state index contributed by atoms with van der Waals surface area (Å²) in [4.78, 5) is 2.18. The molecule has 0 radical (unpaired) electrons. The minimum absolute atomic E-state index is 0. The number of aryl methyl sites for hydroxylation is 2. The number of rotatable bonds is 8. The molecule has 0 unspecified atom stereocenters. The molecular formula is C29H30AuN3O4S2. The first kappa shape index (κ1) is 32.3. The molecule has 7 nitrogen and oxygen atoms in total. The third-order valence-corrected chi connectivity index (χ3v) is 7.83. The van der Waals surface area contributed by atoms with E-state index in [4.69, 9.17) is 0 Å². The van der Waals surface area contributed by atoms with Crippen LogP contribution in [0.1, 0.15) is 16.7 Å². The second-order valence-corrected chi connectivity index (χ2v) is 12.1. The topological polar surface area (TPSA) is 99.7 Å². The summed E-state index contributed by atoms with van der Waals surface area (Å²) in [5.74, 6) is 0. The largest absolute Gasteiger partial charge is 3.00 e. The van der Waals surface area contributed by atoms with E-state index in [1.54, 1.807) is 36.4 Å². The molecule has 0 aliphatic heterocycles. The molecule has 4 aromatic rings. The zero-order valence-electron chi connectivity index (χ0n) is 22.0. The third-order valence-electron chi connectivity index (χ3n) is 5.22. The van der Waals surface area contributed by atoms with E-state index in [2.05, 4.69) is 40.6 Å². The SMILES string of the molecule is CN(C)Cc1[c-]cccc1.Cc1ccc(S(=O)(=O)[N-]c2ccccc2[N-]S(=O)(=O)c2ccc(C)cc2)cc1.[Au+3]. The van der Waals surface area contributed by atoms with Crippen molar-refractivity contribution >= 4 is 31.4 Å². The standard InChI is InChI=1S/C20H18N2O4S2.C9H12N.Au/c1-15-7-11-17(12-8-15)27(23,24)21-19-5-3-4-6-20(19)22-28(25,26)18-13-9-16(2)10-14-18;1-10(2)8-9-6-4-3-5-7-9;/h3-14H,1-2H3;3-6H,8H2,1-2H3;/q-2;-1;+3. The van der Waals surface area contributed by atoms with Gasteiger partial charge in [0.05, 0.1) is 9.79 Å². The van der Waals surface area contributed by atoms with E-state index >= 15 is 0 Å². The molecule has 0 atom stereocenters. The van der Waals surface area contributed by atoms with E-state index in [-0.39, 0.29) is 43.5 Å². The molecular weight excluding hydrogens is 715 g/mol. The number of benzene rings is 4. The van der Waals surface area contributed by atoms with Gasteiger partial charge in [0.25, 0.3) is 0 Å². The Labute approximate surface area is 247 Å². The van der Waals surface area contributed by atoms with Crippen LogP contribution in [-0.2, 0) is 49.0 Å². The fourth-order valence-corrected chi connectivity index (χ4v) is 5.27. The fourth-order valence-electron chi connectivity index (χ4n) is 3.27. The second kappa shape index (κ2) is 14.5. The van der Waals surface area contributed by atoms with Crippen molar-refractivity contribution in [2.24, 2.45) is 0 Å². The van der Waals surface area contributed by atoms with Crippen molar-refractivity contribution in [1.29, 1.82) is 0 Å². The van der Waals surface area contributed by atoms with Gasteiger partial charge in [0.2, 0.25) is 0 Å². The summed E-state index contributed by atoms with van der Waals surface area (Å²) in [6.45, 7) is 4.66. The summed E-state index contributed by atoms with van der Waals surface area (Å²) >= 11 is 0. The quantitative estimate of drug-likeness (QED) is 0.149. The smallest absolute Gasteiger partial charge is 0.574 e. The molecule has 0 spiro atoms. The first-order valence-electron chi connectivity index (χ1n) is 11.7. The zero-order valence-corrected chi connectivity index (χ0v) is 25.8. The van der Waals surface area contributed by atoms with Gasteiger partial charge in [-0.2, -0.15) is 30.3 Å². The van der Waals surface area contributed by atoms with Gasteiger partial charge in [-0.3, -0.25) is 0 Å². The van der Waals surface area contributed by atoms with Gasteiger partial charge >= 0.3 is 22.4 Å². The van der Waals surface area contributed by atoms with Gasteiger partial charge in [0.15, 0.2) is 0 Å². The van der Waals surface area contributed by atoms with E-state index < -0.39 is 20.0 Å². The van der Waals surface area contributed by atoms with E-state index in [9.17, 15) is 16.8 Å². The molecule has 0 fully saturated rings. The van der Waals surface area contributed by atoms with Crippen LogP contribution < -0.4 is 0 Å². The summed E-state index contributed by atoms with van der Waals surface area (Å²) in [5.41, 5.74) is 2.99. The van der Waals surface area contributed by atoms with Crippen LogP contribution in [0, 0.1) is 19.9 Å². The molecule has 10 heteroatoms. The Morgan fingerprint density at radius 2 is 1.05 bits per heavy atom. The van der Waals surface area contributed by atoms with Crippen LogP contribution in [0.4, 0.5) is 11.4 Å². The number of hydrogen-bond acceptors (Lipinski definition) is 5. The second-order valence-electron chi connectivity index (χ2n) is 8.87. The maximum atomic E-state index is 12.6. The monoisotopic (exact) mass is 745 g/mol. The maximum absolute atomic E-state index is 12.6. The van der Waals surface area contributed by atoms with E-state index in [1.165, 1.54) is 42.0 Å². The van der Waals surface area contributed by atoms with Gasteiger partial charge in [-0.25, -0.2) is 16.8 Å². The summed E-state index contributed by atoms with van der Waals surface area (Å²) < 4.78 is 57.9. The Morgan fingerprint density at radius 1 is 0.641 bits per heavy atom. The summed E-state index contributed by atoms with van der Waals surface area (Å²) in [6, 6.07) is 29.7. The van der Waals surface area contributed by atoms with Crippen LogP contribution in [0.5, 0.6) is 0 Å². The molecule has 4 aromatic carbocycles. The van der Waals surface area contributed by atoms with Crippen LogP contribution in [-0.4, -0.2) is 35.8 Å². The molecule has 0 bridgehead atoms. The van der Waals surface area contributed by atoms with Gasteiger partial charge in [-0.1, -0.05) is 59.7 Å². The molecule has 0 aliphatic rings. The van der Waals surface area contributed by atoms with Crippen LogP contribution in [0.3, 0.4) is 0 Å². The van der Waals surface area contributed by atoms with Crippen molar-refractivity contribution in [3.05, 3.63) is 129 Å².